The number of methoxy groups -OCH3 is 1. The fourth-order valence-electron chi connectivity index (χ4n) is 2.42. The quantitative estimate of drug-likeness (QED) is 0.773. The average Bonchev–Trinajstić information content (AvgIpc) is 2.70. The molecule has 94 valence electrons. The Morgan fingerprint density at radius 1 is 1.71 bits per heavy atom. The van der Waals surface area contributed by atoms with E-state index in [4.69, 9.17) is 10.5 Å². The van der Waals surface area contributed by atoms with Crippen LogP contribution in [0, 0.1) is 5.92 Å². The van der Waals surface area contributed by atoms with Crippen LogP contribution in [0.4, 0.5) is 0 Å². The SMILES string of the molecule is COc1cnn(C)c1C1NCCCC1C(N)=O. The van der Waals surface area contributed by atoms with E-state index >= 15 is 0 Å². The van der Waals surface area contributed by atoms with Crippen LogP contribution in [0.3, 0.4) is 0 Å². The number of amides is 1. The summed E-state index contributed by atoms with van der Waals surface area (Å²) in [6.07, 6.45) is 3.43. The summed E-state index contributed by atoms with van der Waals surface area (Å²) in [5.41, 5.74) is 6.34. The molecule has 1 amide bonds. The van der Waals surface area contributed by atoms with Crippen LogP contribution in [0.5, 0.6) is 5.75 Å². The predicted molar refractivity (Wildman–Crippen MR) is 62.4 cm³/mol. The van der Waals surface area contributed by atoms with Gasteiger partial charge in [-0.25, -0.2) is 0 Å². The molecule has 0 bridgehead atoms. The number of primary amides is 1. The lowest BCUT2D eigenvalue weighted by atomic mass is 9.88. The third-order valence-electron chi connectivity index (χ3n) is 3.29. The van der Waals surface area contributed by atoms with Crippen molar-refractivity contribution < 1.29 is 9.53 Å². The molecule has 0 radical (unpaired) electrons. The average molecular weight is 238 g/mol. The van der Waals surface area contributed by atoms with Crippen molar-refractivity contribution in [1.29, 1.82) is 0 Å². The molecule has 1 aliphatic rings. The molecule has 6 heteroatoms. The van der Waals surface area contributed by atoms with Crippen molar-refractivity contribution in [3.05, 3.63) is 11.9 Å². The van der Waals surface area contributed by atoms with Gasteiger partial charge < -0.3 is 15.8 Å². The maximum atomic E-state index is 11.5. The van der Waals surface area contributed by atoms with E-state index in [0.717, 1.165) is 25.1 Å². The third-order valence-corrected chi connectivity index (χ3v) is 3.29. The number of carbonyl (C=O) groups is 1. The summed E-state index contributed by atoms with van der Waals surface area (Å²) in [5.74, 6) is 0.219. The summed E-state index contributed by atoms with van der Waals surface area (Å²) >= 11 is 0. The fourth-order valence-corrected chi connectivity index (χ4v) is 2.42. The van der Waals surface area contributed by atoms with Crippen molar-refractivity contribution in [2.45, 2.75) is 18.9 Å². The molecule has 1 aromatic heterocycles. The van der Waals surface area contributed by atoms with Crippen LogP contribution in [0.2, 0.25) is 0 Å². The first kappa shape index (κ1) is 11.9. The maximum absolute atomic E-state index is 11.5. The number of hydrogen-bond acceptors (Lipinski definition) is 4. The number of aromatic nitrogens is 2. The second-order valence-corrected chi connectivity index (χ2v) is 4.30. The van der Waals surface area contributed by atoms with Gasteiger partial charge in [0, 0.05) is 7.05 Å². The second-order valence-electron chi connectivity index (χ2n) is 4.30. The smallest absolute Gasteiger partial charge is 0.222 e. The Hall–Kier alpha value is -1.56. The summed E-state index contributed by atoms with van der Waals surface area (Å²) in [4.78, 5) is 11.5. The summed E-state index contributed by atoms with van der Waals surface area (Å²) in [6.45, 7) is 0.878. The Morgan fingerprint density at radius 2 is 2.47 bits per heavy atom. The highest BCUT2D eigenvalue weighted by molar-refractivity contribution is 5.77. The molecule has 1 aromatic rings. The Balaban J connectivity index is 2.35. The minimum Gasteiger partial charge on any atom is -0.493 e. The van der Waals surface area contributed by atoms with E-state index < -0.39 is 0 Å². The molecule has 2 heterocycles. The molecular weight excluding hydrogens is 220 g/mol. The lowest BCUT2D eigenvalue weighted by molar-refractivity contribution is -0.123. The van der Waals surface area contributed by atoms with Crippen LogP contribution in [0.15, 0.2) is 6.20 Å². The molecule has 0 saturated carbocycles. The molecule has 3 N–H and O–H groups in total. The Labute approximate surface area is 100 Å². The van der Waals surface area contributed by atoms with Crippen molar-refractivity contribution in [1.82, 2.24) is 15.1 Å². The zero-order valence-corrected chi connectivity index (χ0v) is 10.1. The number of ether oxygens (including phenoxy) is 1. The first-order chi connectivity index (χ1) is 8.15. The third kappa shape index (κ3) is 2.12. The van der Waals surface area contributed by atoms with Crippen LogP contribution in [0.1, 0.15) is 24.6 Å². The van der Waals surface area contributed by atoms with Crippen LogP contribution in [-0.4, -0.2) is 29.3 Å². The number of piperidine rings is 1. The van der Waals surface area contributed by atoms with E-state index in [1.165, 1.54) is 0 Å². The molecule has 6 nitrogen and oxygen atoms in total. The molecule has 2 rings (SSSR count). The number of rotatable bonds is 3. The largest absolute Gasteiger partial charge is 0.493 e. The Bertz CT molecular complexity index is 416. The van der Waals surface area contributed by atoms with Gasteiger partial charge >= 0.3 is 0 Å². The van der Waals surface area contributed by atoms with Gasteiger partial charge in [0.2, 0.25) is 5.91 Å². The van der Waals surface area contributed by atoms with Crippen LogP contribution in [-0.2, 0) is 11.8 Å². The molecule has 0 aliphatic carbocycles. The highest BCUT2D eigenvalue weighted by Crippen LogP contribution is 2.33. The standard InChI is InChI=1S/C11H18N4O2/c1-15-10(8(17-2)6-14-15)9-7(11(12)16)4-3-5-13-9/h6-7,9,13H,3-5H2,1-2H3,(H2,12,16). The highest BCUT2D eigenvalue weighted by atomic mass is 16.5. The van der Waals surface area contributed by atoms with E-state index in [2.05, 4.69) is 10.4 Å². The molecule has 1 fully saturated rings. The zero-order valence-electron chi connectivity index (χ0n) is 10.1. The van der Waals surface area contributed by atoms with Gasteiger partial charge in [-0.1, -0.05) is 0 Å². The van der Waals surface area contributed by atoms with Gasteiger partial charge in [-0.3, -0.25) is 9.48 Å². The fraction of sp³-hybridized carbons (Fsp3) is 0.636. The Morgan fingerprint density at radius 3 is 3.12 bits per heavy atom. The molecule has 2 unspecified atom stereocenters. The van der Waals surface area contributed by atoms with Gasteiger partial charge in [-0.05, 0) is 19.4 Å². The first-order valence-corrected chi connectivity index (χ1v) is 5.73. The van der Waals surface area contributed by atoms with Crippen LogP contribution in [0.25, 0.3) is 0 Å². The summed E-state index contributed by atoms with van der Waals surface area (Å²) in [7, 11) is 3.44. The molecule has 2 atom stereocenters. The monoisotopic (exact) mass is 238 g/mol. The van der Waals surface area contributed by atoms with Gasteiger partial charge in [0.05, 0.1) is 31.0 Å². The Kier molecular flexibility index (Phi) is 3.33. The van der Waals surface area contributed by atoms with E-state index in [9.17, 15) is 4.79 Å². The van der Waals surface area contributed by atoms with E-state index in [0.29, 0.717) is 5.75 Å². The first-order valence-electron chi connectivity index (χ1n) is 5.73. The number of nitrogens with two attached hydrogens (primary N) is 1. The van der Waals surface area contributed by atoms with Gasteiger partial charge in [0.15, 0.2) is 5.75 Å². The lowest BCUT2D eigenvalue weighted by Gasteiger charge is -2.30. The van der Waals surface area contributed by atoms with Crippen molar-refractivity contribution in [3.8, 4) is 5.75 Å². The molecule has 1 aliphatic heterocycles. The number of aryl methyl sites for hydroxylation is 1. The van der Waals surface area contributed by atoms with E-state index in [-0.39, 0.29) is 17.9 Å². The normalized spacial score (nSPS) is 24.6. The molecule has 17 heavy (non-hydrogen) atoms. The zero-order chi connectivity index (χ0) is 12.4. The molecule has 1 saturated heterocycles. The summed E-state index contributed by atoms with van der Waals surface area (Å²) in [5, 5.41) is 7.48. The molecular formula is C11H18N4O2. The maximum Gasteiger partial charge on any atom is 0.222 e. The summed E-state index contributed by atoms with van der Waals surface area (Å²) in [6, 6.07) is -0.108. The van der Waals surface area contributed by atoms with E-state index in [1.54, 1.807) is 18.0 Å². The van der Waals surface area contributed by atoms with Gasteiger partial charge in [-0.2, -0.15) is 5.10 Å². The predicted octanol–water partition coefficient (Wildman–Crippen LogP) is -0.0453. The van der Waals surface area contributed by atoms with Gasteiger partial charge in [0.25, 0.3) is 0 Å². The second kappa shape index (κ2) is 4.75. The minimum absolute atomic E-state index is 0.108. The van der Waals surface area contributed by atoms with Crippen molar-refractivity contribution in [2.24, 2.45) is 18.7 Å². The number of nitrogens with one attached hydrogen (secondary N) is 1. The lowest BCUT2D eigenvalue weighted by Crippen LogP contribution is -2.41. The number of hydrogen-bond donors (Lipinski definition) is 2. The topological polar surface area (TPSA) is 82.2 Å². The van der Waals surface area contributed by atoms with E-state index in [1.807, 2.05) is 7.05 Å². The molecule has 0 aromatic carbocycles. The minimum atomic E-state index is -0.273. The van der Waals surface area contributed by atoms with Crippen molar-refractivity contribution in [3.63, 3.8) is 0 Å². The van der Waals surface area contributed by atoms with Crippen LogP contribution < -0.4 is 15.8 Å². The number of nitrogens with zero attached hydrogens (tertiary/aromatic N) is 2. The van der Waals surface area contributed by atoms with Gasteiger partial charge in [-0.15, -0.1) is 0 Å². The molecule has 0 spiro atoms. The van der Waals surface area contributed by atoms with Crippen LogP contribution >= 0.6 is 0 Å². The van der Waals surface area contributed by atoms with Gasteiger partial charge in [0.1, 0.15) is 0 Å². The van der Waals surface area contributed by atoms with Crippen molar-refractivity contribution in [2.75, 3.05) is 13.7 Å². The van der Waals surface area contributed by atoms with Crippen molar-refractivity contribution >= 4 is 5.91 Å². The number of carbonyl (C=O) groups excluding carboxylic acids is 1. The summed E-state index contributed by atoms with van der Waals surface area (Å²) < 4.78 is 7.01. The highest BCUT2D eigenvalue weighted by Gasteiger charge is 2.34.